The maximum atomic E-state index is 5.38. The van der Waals surface area contributed by atoms with E-state index in [1.54, 1.807) is 6.08 Å². The van der Waals surface area contributed by atoms with E-state index in [9.17, 15) is 0 Å². The Bertz CT molecular complexity index is 3130. The van der Waals surface area contributed by atoms with Crippen molar-refractivity contribution in [3.05, 3.63) is 207 Å². The van der Waals surface area contributed by atoms with Crippen molar-refractivity contribution in [2.45, 2.75) is 6.92 Å². The SMILES string of the molecule is C=C/C=C\C(=C/C)c1nc(-c2cc(-c3ccccc3)cc(-c3ccccc3)c2)nc(-n2c3ccccc3c3cc4c5ccccc5n(-c5ccccc5)c4cc32)n1. The molecule has 7 aromatic carbocycles. The van der Waals surface area contributed by atoms with Gasteiger partial charge in [-0.1, -0.05) is 146 Å². The van der Waals surface area contributed by atoms with E-state index in [0.717, 1.165) is 71.9 Å². The van der Waals surface area contributed by atoms with E-state index in [4.69, 9.17) is 15.0 Å². The molecule has 3 aromatic heterocycles. The molecule has 0 saturated carbocycles. The summed E-state index contributed by atoms with van der Waals surface area (Å²) in [5, 5.41) is 4.66. The molecule has 57 heavy (non-hydrogen) atoms. The monoisotopic (exact) mass is 731 g/mol. The van der Waals surface area contributed by atoms with Crippen LogP contribution in [0.1, 0.15) is 12.7 Å². The molecule has 0 aliphatic carbocycles. The van der Waals surface area contributed by atoms with Gasteiger partial charge < -0.3 is 4.57 Å². The van der Waals surface area contributed by atoms with Gasteiger partial charge in [0.15, 0.2) is 11.6 Å². The van der Waals surface area contributed by atoms with Gasteiger partial charge in [0.05, 0.1) is 22.1 Å². The highest BCUT2D eigenvalue weighted by atomic mass is 15.2. The predicted molar refractivity (Wildman–Crippen MR) is 238 cm³/mol. The number of benzene rings is 7. The third kappa shape index (κ3) is 5.94. The number of nitrogens with zero attached hydrogens (tertiary/aromatic N) is 5. The van der Waals surface area contributed by atoms with Crippen molar-refractivity contribution < 1.29 is 0 Å². The molecule has 0 radical (unpaired) electrons. The molecule has 10 aromatic rings. The summed E-state index contributed by atoms with van der Waals surface area (Å²) in [5.41, 5.74) is 11.6. The van der Waals surface area contributed by atoms with Crippen LogP contribution < -0.4 is 0 Å². The lowest BCUT2D eigenvalue weighted by Gasteiger charge is -2.14. The summed E-state index contributed by atoms with van der Waals surface area (Å²) in [6.45, 7) is 5.93. The van der Waals surface area contributed by atoms with E-state index in [1.165, 1.54) is 10.8 Å². The van der Waals surface area contributed by atoms with Crippen LogP contribution in [-0.4, -0.2) is 24.1 Å². The van der Waals surface area contributed by atoms with Crippen molar-refractivity contribution in [3.63, 3.8) is 0 Å². The summed E-state index contributed by atoms with van der Waals surface area (Å²) < 4.78 is 4.56. The molecule has 270 valence electrons. The van der Waals surface area contributed by atoms with Gasteiger partial charge in [-0.05, 0) is 83.8 Å². The molecule has 0 aliphatic heterocycles. The third-order valence-corrected chi connectivity index (χ3v) is 10.7. The van der Waals surface area contributed by atoms with Gasteiger partial charge in [-0.25, -0.2) is 4.98 Å². The average molecular weight is 732 g/mol. The largest absolute Gasteiger partial charge is 0.309 e. The Labute approximate surface area is 330 Å². The van der Waals surface area contributed by atoms with Gasteiger partial charge in [0.2, 0.25) is 5.95 Å². The molecule has 0 aliphatic rings. The first-order valence-electron chi connectivity index (χ1n) is 19.2. The summed E-state index contributed by atoms with van der Waals surface area (Å²) in [6.07, 6.45) is 7.72. The summed E-state index contributed by atoms with van der Waals surface area (Å²) in [5.74, 6) is 1.70. The van der Waals surface area contributed by atoms with Crippen molar-refractivity contribution in [2.24, 2.45) is 0 Å². The second-order valence-electron chi connectivity index (χ2n) is 14.1. The van der Waals surface area contributed by atoms with Gasteiger partial charge in [-0.3, -0.25) is 4.57 Å². The molecule has 0 N–H and O–H groups in total. The summed E-state index contributed by atoms with van der Waals surface area (Å²) in [7, 11) is 0. The third-order valence-electron chi connectivity index (χ3n) is 10.7. The first kappa shape index (κ1) is 33.9. The quantitative estimate of drug-likeness (QED) is 0.146. The maximum Gasteiger partial charge on any atom is 0.238 e. The standard InChI is InChI=1S/C52H37N5/c1-3-5-19-35(4-2)50-53-51(40-31-38(36-20-9-6-10-21-36)30-39(32-40)37-22-11-7-12-23-37)55-52(54-50)57-47-29-18-16-27-43(47)45-33-44-42-26-15-17-28-46(42)56(48(44)34-49(45)57)41-24-13-8-14-25-41/h3-34H,1H2,2H3/b19-5-,35-4+. The molecule has 0 amide bonds. The average Bonchev–Trinajstić information content (AvgIpc) is 3.78. The Morgan fingerprint density at radius 1 is 0.474 bits per heavy atom. The van der Waals surface area contributed by atoms with Crippen LogP contribution in [0.15, 0.2) is 201 Å². The highest BCUT2D eigenvalue weighted by Gasteiger charge is 2.21. The zero-order chi connectivity index (χ0) is 38.3. The van der Waals surface area contributed by atoms with Crippen LogP contribution in [-0.2, 0) is 0 Å². The Balaban J connectivity index is 1.29. The smallest absolute Gasteiger partial charge is 0.238 e. The second-order valence-corrected chi connectivity index (χ2v) is 14.1. The Hall–Kier alpha value is -7.63. The van der Waals surface area contributed by atoms with E-state index in [0.29, 0.717) is 17.6 Å². The predicted octanol–water partition coefficient (Wildman–Crippen LogP) is 13.2. The molecular formula is C52H37N5. The minimum absolute atomic E-state index is 0.542. The van der Waals surface area contributed by atoms with Crippen LogP contribution in [0.2, 0.25) is 0 Å². The topological polar surface area (TPSA) is 48.5 Å². The van der Waals surface area contributed by atoms with Gasteiger partial charge in [0.1, 0.15) is 0 Å². The van der Waals surface area contributed by atoms with Gasteiger partial charge in [0, 0.05) is 38.4 Å². The molecule has 0 unspecified atom stereocenters. The van der Waals surface area contributed by atoms with Crippen LogP contribution in [0.5, 0.6) is 0 Å². The first-order chi connectivity index (χ1) is 28.2. The number of para-hydroxylation sites is 3. The fourth-order valence-electron chi connectivity index (χ4n) is 8.05. The van der Waals surface area contributed by atoms with Gasteiger partial charge in [-0.15, -0.1) is 0 Å². The summed E-state index contributed by atoms with van der Waals surface area (Å²) >= 11 is 0. The fourth-order valence-corrected chi connectivity index (χ4v) is 8.05. The van der Waals surface area contributed by atoms with E-state index in [2.05, 4.69) is 173 Å². The van der Waals surface area contributed by atoms with E-state index in [1.807, 2.05) is 37.3 Å². The van der Waals surface area contributed by atoms with E-state index >= 15 is 0 Å². The Morgan fingerprint density at radius 3 is 1.60 bits per heavy atom. The number of allylic oxidation sites excluding steroid dienone is 5. The molecule has 0 atom stereocenters. The second kappa shape index (κ2) is 14.2. The van der Waals surface area contributed by atoms with Crippen LogP contribution in [0.4, 0.5) is 0 Å². The van der Waals surface area contributed by atoms with Crippen LogP contribution in [0.3, 0.4) is 0 Å². The highest BCUT2D eigenvalue weighted by molar-refractivity contribution is 6.19. The highest BCUT2D eigenvalue weighted by Crippen LogP contribution is 2.40. The molecule has 0 saturated heterocycles. The van der Waals surface area contributed by atoms with Gasteiger partial charge in [-0.2, -0.15) is 9.97 Å². The Kier molecular flexibility index (Phi) is 8.46. The van der Waals surface area contributed by atoms with Gasteiger partial charge >= 0.3 is 0 Å². The van der Waals surface area contributed by atoms with Crippen molar-refractivity contribution >= 4 is 49.2 Å². The zero-order valence-electron chi connectivity index (χ0n) is 31.4. The maximum absolute atomic E-state index is 5.38. The lowest BCUT2D eigenvalue weighted by molar-refractivity contribution is 0.932. The first-order valence-corrected chi connectivity index (χ1v) is 19.2. The van der Waals surface area contributed by atoms with Crippen LogP contribution in [0, 0.1) is 0 Å². The van der Waals surface area contributed by atoms with E-state index in [-0.39, 0.29) is 0 Å². The summed E-state index contributed by atoms with van der Waals surface area (Å²) in [6, 6.07) is 60.0. The lowest BCUT2D eigenvalue weighted by atomic mass is 9.96. The number of hydrogen-bond donors (Lipinski definition) is 0. The molecule has 3 heterocycles. The molecule has 10 rings (SSSR count). The van der Waals surface area contributed by atoms with Crippen molar-refractivity contribution in [1.82, 2.24) is 24.1 Å². The molecule has 5 heteroatoms. The van der Waals surface area contributed by atoms with Crippen molar-refractivity contribution in [2.75, 3.05) is 0 Å². The normalized spacial score (nSPS) is 12.1. The Morgan fingerprint density at radius 2 is 1.00 bits per heavy atom. The van der Waals surface area contributed by atoms with Crippen LogP contribution >= 0.6 is 0 Å². The van der Waals surface area contributed by atoms with Gasteiger partial charge in [0.25, 0.3) is 0 Å². The molecule has 0 fully saturated rings. The summed E-state index contributed by atoms with van der Waals surface area (Å²) in [4.78, 5) is 15.9. The molecular weight excluding hydrogens is 695 g/mol. The molecule has 5 nitrogen and oxygen atoms in total. The number of hydrogen-bond acceptors (Lipinski definition) is 3. The van der Waals surface area contributed by atoms with Crippen molar-refractivity contribution in [1.29, 1.82) is 0 Å². The molecule has 0 bridgehead atoms. The zero-order valence-corrected chi connectivity index (χ0v) is 31.4. The molecule has 0 spiro atoms. The lowest BCUT2D eigenvalue weighted by Crippen LogP contribution is -2.08. The minimum Gasteiger partial charge on any atom is -0.309 e. The minimum atomic E-state index is 0.542. The van der Waals surface area contributed by atoms with Crippen molar-refractivity contribution in [3.8, 4) is 45.3 Å². The van der Waals surface area contributed by atoms with E-state index < -0.39 is 0 Å². The fraction of sp³-hybridized carbons (Fsp3) is 0.0192. The number of aromatic nitrogens is 5. The number of fused-ring (bicyclic) bond motifs is 6. The number of rotatable bonds is 8. The van der Waals surface area contributed by atoms with Crippen LogP contribution in [0.25, 0.3) is 94.5 Å².